The molecule has 2 aromatic rings. The van der Waals surface area contributed by atoms with Crippen LogP contribution in [-0.2, 0) is 5.88 Å². The molecule has 0 spiro atoms. The molecule has 1 heterocycles. The molecule has 2 rings (SSSR count). The first-order valence-corrected chi connectivity index (χ1v) is 6.56. The highest BCUT2D eigenvalue weighted by Gasteiger charge is 2.02. The molecule has 0 bridgehead atoms. The lowest BCUT2D eigenvalue weighted by molar-refractivity contribution is 1.24. The van der Waals surface area contributed by atoms with Crippen molar-refractivity contribution in [3.63, 3.8) is 0 Å². The van der Waals surface area contributed by atoms with Gasteiger partial charge in [0, 0.05) is 17.8 Å². The Morgan fingerprint density at radius 1 is 1.29 bits per heavy atom. The Morgan fingerprint density at radius 2 is 2.00 bits per heavy atom. The monoisotopic (exact) mass is 310 g/mol. The number of anilines is 2. The average molecular weight is 312 g/mol. The smallest absolute Gasteiger partial charge is 0.144 e. The Hall–Kier alpha value is -1.06. The second kappa shape index (κ2) is 5.52. The van der Waals surface area contributed by atoms with Crippen molar-refractivity contribution in [3.8, 4) is 0 Å². The number of benzene rings is 1. The summed E-state index contributed by atoms with van der Waals surface area (Å²) < 4.78 is 0.957. The summed E-state index contributed by atoms with van der Waals surface area (Å²) in [6.07, 6.45) is 1.83. The van der Waals surface area contributed by atoms with E-state index in [4.69, 9.17) is 11.6 Å². The third-order valence-electron chi connectivity index (χ3n) is 2.35. The molecular formula is C13H12BrClN2. The van der Waals surface area contributed by atoms with Crippen molar-refractivity contribution in [1.29, 1.82) is 0 Å². The van der Waals surface area contributed by atoms with Crippen molar-refractivity contribution < 1.29 is 0 Å². The van der Waals surface area contributed by atoms with Crippen LogP contribution in [0.25, 0.3) is 0 Å². The van der Waals surface area contributed by atoms with E-state index in [2.05, 4.69) is 26.2 Å². The van der Waals surface area contributed by atoms with E-state index in [1.165, 1.54) is 0 Å². The lowest BCUT2D eigenvalue weighted by Crippen LogP contribution is -1.95. The minimum Gasteiger partial charge on any atom is -0.339 e. The molecular weight excluding hydrogens is 300 g/mol. The summed E-state index contributed by atoms with van der Waals surface area (Å²) >= 11 is 9.23. The van der Waals surface area contributed by atoms with Crippen LogP contribution in [0.15, 0.2) is 41.0 Å². The van der Waals surface area contributed by atoms with Gasteiger partial charge < -0.3 is 5.32 Å². The number of alkyl halides is 1. The van der Waals surface area contributed by atoms with Gasteiger partial charge in [-0.25, -0.2) is 4.98 Å². The summed E-state index contributed by atoms with van der Waals surface area (Å²) in [6.45, 7) is 2.01. The van der Waals surface area contributed by atoms with E-state index in [-0.39, 0.29) is 0 Å². The van der Waals surface area contributed by atoms with E-state index in [9.17, 15) is 0 Å². The van der Waals surface area contributed by atoms with Crippen LogP contribution in [0.2, 0.25) is 0 Å². The van der Waals surface area contributed by atoms with E-state index >= 15 is 0 Å². The summed E-state index contributed by atoms with van der Waals surface area (Å²) in [7, 11) is 0. The van der Waals surface area contributed by atoms with Gasteiger partial charge in [-0.1, -0.05) is 12.1 Å². The van der Waals surface area contributed by atoms with Gasteiger partial charge in [0.1, 0.15) is 5.82 Å². The number of nitrogens with one attached hydrogen (secondary N) is 1. The van der Waals surface area contributed by atoms with Crippen molar-refractivity contribution in [2.45, 2.75) is 12.8 Å². The number of halogens is 2. The van der Waals surface area contributed by atoms with Gasteiger partial charge in [0.2, 0.25) is 0 Å². The standard InChI is InChI=1S/C13H12BrClN2/c1-9-6-12(14)13(16-8-9)17-11-4-2-10(7-15)3-5-11/h2-6,8H,7H2,1H3,(H,16,17). The van der Waals surface area contributed by atoms with E-state index in [1.807, 2.05) is 43.5 Å². The number of hydrogen-bond donors (Lipinski definition) is 1. The van der Waals surface area contributed by atoms with Gasteiger partial charge in [0.05, 0.1) is 4.47 Å². The zero-order chi connectivity index (χ0) is 12.3. The van der Waals surface area contributed by atoms with Crippen LogP contribution in [0.3, 0.4) is 0 Å². The molecule has 2 nitrogen and oxygen atoms in total. The van der Waals surface area contributed by atoms with Crippen molar-refractivity contribution in [1.82, 2.24) is 4.98 Å². The van der Waals surface area contributed by atoms with Crippen LogP contribution in [0.1, 0.15) is 11.1 Å². The largest absolute Gasteiger partial charge is 0.339 e. The highest BCUT2D eigenvalue weighted by atomic mass is 79.9. The van der Waals surface area contributed by atoms with Crippen LogP contribution in [0, 0.1) is 6.92 Å². The van der Waals surface area contributed by atoms with Gasteiger partial charge in [-0.3, -0.25) is 0 Å². The van der Waals surface area contributed by atoms with Gasteiger partial charge in [0.25, 0.3) is 0 Å². The maximum Gasteiger partial charge on any atom is 0.144 e. The molecule has 0 fully saturated rings. The Bertz CT molecular complexity index is 511. The fourth-order valence-corrected chi connectivity index (χ4v) is 2.18. The molecule has 0 unspecified atom stereocenters. The third kappa shape index (κ3) is 3.20. The molecule has 0 atom stereocenters. The number of rotatable bonds is 3. The van der Waals surface area contributed by atoms with E-state index in [1.54, 1.807) is 0 Å². The van der Waals surface area contributed by atoms with Gasteiger partial charge >= 0.3 is 0 Å². The highest BCUT2D eigenvalue weighted by molar-refractivity contribution is 9.10. The summed E-state index contributed by atoms with van der Waals surface area (Å²) in [5.41, 5.74) is 3.23. The van der Waals surface area contributed by atoms with Gasteiger partial charge in [-0.15, -0.1) is 11.6 Å². The Kier molecular flexibility index (Phi) is 4.02. The fourth-order valence-electron chi connectivity index (χ4n) is 1.44. The van der Waals surface area contributed by atoms with Crippen molar-refractivity contribution in [2.75, 3.05) is 5.32 Å². The van der Waals surface area contributed by atoms with Crippen LogP contribution in [0.4, 0.5) is 11.5 Å². The second-order valence-electron chi connectivity index (χ2n) is 3.80. The van der Waals surface area contributed by atoms with Crippen molar-refractivity contribution in [2.24, 2.45) is 0 Å². The minimum absolute atomic E-state index is 0.534. The molecule has 1 aromatic heterocycles. The quantitative estimate of drug-likeness (QED) is 0.836. The van der Waals surface area contributed by atoms with Crippen LogP contribution in [-0.4, -0.2) is 4.98 Å². The molecule has 1 N–H and O–H groups in total. The van der Waals surface area contributed by atoms with E-state index in [0.717, 1.165) is 27.1 Å². The predicted octanol–water partition coefficient (Wildman–Crippen LogP) is 4.63. The summed E-state index contributed by atoms with van der Waals surface area (Å²) in [5.74, 6) is 1.35. The van der Waals surface area contributed by atoms with Crippen molar-refractivity contribution in [3.05, 3.63) is 52.1 Å². The molecule has 0 aliphatic heterocycles. The third-order valence-corrected chi connectivity index (χ3v) is 3.26. The molecule has 0 radical (unpaired) electrons. The summed E-state index contributed by atoms with van der Waals surface area (Å²) in [4.78, 5) is 4.33. The molecule has 88 valence electrons. The maximum atomic E-state index is 5.74. The second-order valence-corrected chi connectivity index (χ2v) is 4.92. The minimum atomic E-state index is 0.534. The molecule has 0 aliphatic carbocycles. The van der Waals surface area contributed by atoms with Crippen LogP contribution < -0.4 is 5.32 Å². The fraction of sp³-hybridized carbons (Fsp3) is 0.154. The molecule has 4 heteroatoms. The number of nitrogens with zero attached hydrogens (tertiary/aromatic N) is 1. The topological polar surface area (TPSA) is 24.9 Å². The number of pyridine rings is 1. The Labute approximate surface area is 114 Å². The Morgan fingerprint density at radius 3 is 2.59 bits per heavy atom. The zero-order valence-corrected chi connectivity index (χ0v) is 11.7. The molecule has 0 amide bonds. The first kappa shape index (κ1) is 12.4. The average Bonchev–Trinajstić information content (AvgIpc) is 2.34. The SMILES string of the molecule is Cc1cnc(Nc2ccc(CCl)cc2)c(Br)c1. The zero-order valence-electron chi connectivity index (χ0n) is 9.37. The molecule has 0 aliphatic rings. The normalized spacial score (nSPS) is 10.3. The summed E-state index contributed by atoms with van der Waals surface area (Å²) in [6, 6.07) is 10.0. The highest BCUT2D eigenvalue weighted by Crippen LogP contribution is 2.24. The molecule has 0 saturated carbocycles. The number of aromatic nitrogens is 1. The first-order valence-electron chi connectivity index (χ1n) is 5.23. The number of aryl methyl sites for hydroxylation is 1. The van der Waals surface area contributed by atoms with Gasteiger partial charge in [0.15, 0.2) is 0 Å². The van der Waals surface area contributed by atoms with E-state index < -0.39 is 0 Å². The predicted molar refractivity (Wildman–Crippen MR) is 76.0 cm³/mol. The Balaban J connectivity index is 2.19. The number of hydrogen-bond acceptors (Lipinski definition) is 2. The lowest BCUT2D eigenvalue weighted by atomic mass is 10.2. The first-order chi connectivity index (χ1) is 8.19. The van der Waals surface area contributed by atoms with Crippen LogP contribution in [0.5, 0.6) is 0 Å². The lowest BCUT2D eigenvalue weighted by Gasteiger charge is -2.08. The molecule has 0 saturated heterocycles. The van der Waals surface area contributed by atoms with Crippen molar-refractivity contribution >= 4 is 39.0 Å². The van der Waals surface area contributed by atoms with Gasteiger partial charge in [-0.2, -0.15) is 0 Å². The maximum absolute atomic E-state index is 5.74. The van der Waals surface area contributed by atoms with E-state index in [0.29, 0.717) is 5.88 Å². The van der Waals surface area contributed by atoms with Gasteiger partial charge in [-0.05, 0) is 52.2 Å². The molecule has 1 aromatic carbocycles. The summed E-state index contributed by atoms with van der Waals surface area (Å²) in [5, 5.41) is 3.25. The molecule has 17 heavy (non-hydrogen) atoms. The van der Waals surface area contributed by atoms with Crippen LogP contribution >= 0.6 is 27.5 Å².